The molecule has 0 bridgehead atoms. The largest absolute Gasteiger partial charge is 0.302 e. The molecule has 0 saturated carbocycles. The molecule has 0 radical (unpaired) electrons. The minimum atomic E-state index is 0.637. The normalized spacial score (nSPS) is 20.5. The van der Waals surface area contributed by atoms with E-state index in [0.717, 1.165) is 16.5 Å². The number of hydrogen-bond acceptors (Lipinski definition) is 1. The zero-order valence-corrected chi connectivity index (χ0v) is 10.3. The van der Waals surface area contributed by atoms with Gasteiger partial charge in [-0.1, -0.05) is 6.92 Å². The highest BCUT2D eigenvalue weighted by Gasteiger charge is 2.21. The van der Waals surface area contributed by atoms with Crippen molar-refractivity contribution in [2.24, 2.45) is 0 Å². The predicted octanol–water partition coefficient (Wildman–Crippen LogP) is 3.54. The summed E-state index contributed by atoms with van der Waals surface area (Å²) < 4.78 is 3.36. The van der Waals surface area contributed by atoms with Crippen molar-refractivity contribution in [3.8, 4) is 0 Å². The molecular weight excluding hydrogens is 252 g/mol. The van der Waals surface area contributed by atoms with Crippen LogP contribution in [-0.4, -0.2) is 9.38 Å². The second-order valence-electron chi connectivity index (χ2n) is 4.31. The van der Waals surface area contributed by atoms with Crippen LogP contribution in [0, 0.1) is 0 Å². The summed E-state index contributed by atoms with van der Waals surface area (Å²) in [7, 11) is 0. The van der Waals surface area contributed by atoms with Crippen LogP contribution in [0.2, 0.25) is 0 Å². The van der Waals surface area contributed by atoms with Crippen LogP contribution in [0.15, 0.2) is 22.8 Å². The number of rotatable bonds is 0. The number of aryl methyl sites for hydroxylation is 1. The Balaban J connectivity index is 2.33. The molecule has 1 unspecified atom stereocenters. The van der Waals surface area contributed by atoms with Crippen LogP contribution in [0.1, 0.15) is 37.1 Å². The Hall–Kier alpha value is -0.830. The van der Waals surface area contributed by atoms with E-state index in [2.05, 4.69) is 50.6 Å². The van der Waals surface area contributed by atoms with Gasteiger partial charge in [-0.15, -0.1) is 0 Å². The fourth-order valence-corrected chi connectivity index (χ4v) is 2.84. The van der Waals surface area contributed by atoms with Crippen LogP contribution in [0.25, 0.3) is 5.65 Å². The number of hydrogen-bond donors (Lipinski definition) is 0. The van der Waals surface area contributed by atoms with Crippen molar-refractivity contribution in [1.82, 2.24) is 9.38 Å². The van der Waals surface area contributed by atoms with Crippen LogP contribution < -0.4 is 0 Å². The zero-order chi connectivity index (χ0) is 10.4. The van der Waals surface area contributed by atoms with E-state index in [9.17, 15) is 0 Å². The van der Waals surface area contributed by atoms with Gasteiger partial charge in [0.15, 0.2) is 0 Å². The molecule has 1 aliphatic carbocycles. The van der Waals surface area contributed by atoms with E-state index in [1.54, 1.807) is 0 Å². The monoisotopic (exact) mass is 264 g/mol. The SMILES string of the molecule is CC1CCCc2nc3ccc(Br)cn3c21. The van der Waals surface area contributed by atoms with E-state index < -0.39 is 0 Å². The number of nitrogens with zero attached hydrogens (tertiary/aromatic N) is 2. The Morgan fingerprint density at radius 3 is 3.20 bits per heavy atom. The first-order valence-corrected chi connectivity index (χ1v) is 6.21. The van der Waals surface area contributed by atoms with Crippen molar-refractivity contribution in [1.29, 1.82) is 0 Å². The molecular formula is C12H13BrN2. The van der Waals surface area contributed by atoms with E-state index in [1.165, 1.54) is 24.2 Å². The van der Waals surface area contributed by atoms with Crippen LogP contribution in [-0.2, 0) is 6.42 Å². The van der Waals surface area contributed by atoms with E-state index in [4.69, 9.17) is 0 Å². The lowest BCUT2D eigenvalue weighted by atomic mass is 9.91. The van der Waals surface area contributed by atoms with Gasteiger partial charge in [-0.3, -0.25) is 0 Å². The standard InChI is InChI=1S/C12H13BrN2/c1-8-3-2-4-10-12(8)15-7-9(13)5-6-11(15)14-10/h5-8H,2-4H2,1H3. The molecule has 0 spiro atoms. The van der Waals surface area contributed by atoms with E-state index in [1.807, 2.05) is 0 Å². The van der Waals surface area contributed by atoms with Gasteiger partial charge in [-0.2, -0.15) is 0 Å². The van der Waals surface area contributed by atoms with Crippen LogP contribution in [0.3, 0.4) is 0 Å². The maximum Gasteiger partial charge on any atom is 0.137 e. The number of fused-ring (bicyclic) bond motifs is 3. The van der Waals surface area contributed by atoms with Gasteiger partial charge in [0.05, 0.1) is 5.69 Å². The van der Waals surface area contributed by atoms with Crippen LogP contribution in [0.4, 0.5) is 0 Å². The van der Waals surface area contributed by atoms with Crippen molar-refractivity contribution in [3.63, 3.8) is 0 Å². The van der Waals surface area contributed by atoms with Gasteiger partial charge in [-0.05, 0) is 53.2 Å². The molecule has 78 valence electrons. The Bertz CT molecular complexity index is 516. The summed E-state index contributed by atoms with van der Waals surface area (Å²) in [6.45, 7) is 2.30. The number of imidazole rings is 1. The topological polar surface area (TPSA) is 17.3 Å². The van der Waals surface area contributed by atoms with Crippen molar-refractivity contribution < 1.29 is 0 Å². The van der Waals surface area contributed by atoms with Gasteiger partial charge < -0.3 is 4.40 Å². The third-order valence-corrected chi connectivity index (χ3v) is 3.68. The quantitative estimate of drug-likeness (QED) is 0.712. The Morgan fingerprint density at radius 1 is 1.47 bits per heavy atom. The fourth-order valence-electron chi connectivity index (χ4n) is 2.50. The van der Waals surface area contributed by atoms with E-state index in [0.29, 0.717) is 5.92 Å². The molecule has 0 amide bonds. The maximum absolute atomic E-state index is 4.69. The Labute approximate surface area is 97.5 Å². The smallest absolute Gasteiger partial charge is 0.137 e. The number of pyridine rings is 1. The molecule has 0 N–H and O–H groups in total. The first-order chi connectivity index (χ1) is 7.25. The first-order valence-electron chi connectivity index (χ1n) is 5.42. The van der Waals surface area contributed by atoms with Gasteiger partial charge in [0.25, 0.3) is 0 Å². The molecule has 0 aromatic carbocycles. The summed E-state index contributed by atoms with van der Waals surface area (Å²) in [6, 6.07) is 4.13. The predicted molar refractivity (Wildman–Crippen MR) is 64.2 cm³/mol. The zero-order valence-electron chi connectivity index (χ0n) is 8.70. The molecule has 0 fully saturated rings. The second kappa shape index (κ2) is 3.34. The molecule has 0 aliphatic heterocycles. The van der Waals surface area contributed by atoms with Gasteiger partial charge in [0.2, 0.25) is 0 Å². The molecule has 0 saturated heterocycles. The maximum atomic E-state index is 4.69. The second-order valence-corrected chi connectivity index (χ2v) is 5.23. The van der Waals surface area contributed by atoms with Crippen molar-refractivity contribution in [3.05, 3.63) is 34.2 Å². The van der Waals surface area contributed by atoms with Crippen LogP contribution in [0.5, 0.6) is 0 Å². The summed E-state index contributed by atoms with van der Waals surface area (Å²) in [6.07, 6.45) is 5.83. The van der Waals surface area contributed by atoms with Crippen molar-refractivity contribution in [2.45, 2.75) is 32.1 Å². The summed E-state index contributed by atoms with van der Waals surface area (Å²) in [5.74, 6) is 0.637. The molecule has 2 aromatic rings. The molecule has 3 rings (SSSR count). The number of halogens is 1. The summed E-state index contributed by atoms with van der Waals surface area (Å²) in [5.41, 5.74) is 3.79. The third-order valence-electron chi connectivity index (χ3n) is 3.21. The minimum absolute atomic E-state index is 0.637. The summed E-state index contributed by atoms with van der Waals surface area (Å²) in [4.78, 5) is 4.69. The highest BCUT2D eigenvalue weighted by atomic mass is 79.9. The summed E-state index contributed by atoms with van der Waals surface area (Å²) >= 11 is 3.52. The molecule has 2 heterocycles. The lowest BCUT2D eigenvalue weighted by molar-refractivity contribution is 0.567. The lowest BCUT2D eigenvalue weighted by Crippen LogP contribution is -2.08. The lowest BCUT2D eigenvalue weighted by Gasteiger charge is -2.18. The van der Waals surface area contributed by atoms with Crippen molar-refractivity contribution >= 4 is 21.6 Å². The molecule has 15 heavy (non-hydrogen) atoms. The molecule has 3 heteroatoms. The van der Waals surface area contributed by atoms with E-state index in [-0.39, 0.29) is 0 Å². The average molecular weight is 265 g/mol. The van der Waals surface area contributed by atoms with Gasteiger partial charge in [0.1, 0.15) is 5.65 Å². The molecule has 1 aliphatic rings. The van der Waals surface area contributed by atoms with Crippen molar-refractivity contribution in [2.75, 3.05) is 0 Å². The number of aromatic nitrogens is 2. The van der Waals surface area contributed by atoms with Gasteiger partial charge in [-0.25, -0.2) is 4.98 Å². The third kappa shape index (κ3) is 1.41. The highest BCUT2D eigenvalue weighted by molar-refractivity contribution is 9.10. The minimum Gasteiger partial charge on any atom is -0.302 e. The van der Waals surface area contributed by atoms with Crippen LogP contribution >= 0.6 is 15.9 Å². The fraction of sp³-hybridized carbons (Fsp3) is 0.417. The molecule has 2 aromatic heterocycles. The molecule has 1 atom stereocenters. The highest BCUT2D eigenvalue weighted by Crippen LogP contribution is 2.32. The first kappa shape index (κ1) is 9.40. The average Bonchev–Trinajstić information content (AvgIpc) is 2.57. The van der Waals surface area contributed by atoms with Gasteiger partial charge >= 0.3 is 0 Å². The summed E-state index contributed by atoms with van der Waals surface area (Å²) in [5, 5.41) is 0. The Morgan fingerprint density at radius 2 is 2.33 bits per heavy atom. The molecule has 2 nitrogen and oxygen atoms in total. The Kier molecular flexibility index (Phi) is 2.09. The van der Waals surface area contributed by atoms with Gasteiger partial charge in [0, 0.05) is 16.4 Å². The van der Waals surface area contributed by atoms with E-state index >= 15 is 0 Å².